The molecule has 1 aromatic rings. The molecule has 6 heteroatoms. The number of amides is 1. The number of anilines is 1. The summed E-state index contributed by atoms with van der Waals surface area (Å²) in [6, 6.07) is 0. The normalized spacial score (nSPS) is 14.5. The van der Waals surface area contributed by atoms with Gasteiger partial charge in [0.1, 0.15) is 5.82 Å². The number of aromatic nitrogens is 2. The van der Waals surface area contributed by atoms with Crippen molar-refractivity contribution in [1.29, 1.82) is 0 Å². The summed E-state index contributed by atoms with van der Waals surface area (Å²) < 4.78 is 6.62. The predicted octanol–water partition coefficient (Wildman–Crippen LogP) is 0.0408. The minimum absolute atomic E-state index is 0.0387. The van der Waals surface area contributed by atoms with Gasteiger partial charge in [0.2, 0.25) is 5.91 Å². The van der Waals surface area contributed by atoms with Crippen LogP contribution in [0, 0.1) is 0 Å². The van der Waals surface area contributed by atoms with Gasteiger partial charge in [-0.3, -0.25) is 9.48 Å². The summed E-state index contributed by atoms with van der Waals surface area (Å²) in [7, 11) is 3.44. The molecular formula is C11H18N4O2. The fraction of sp³-hybridized carbons (Fsp3) is 0.636. The van der Waals surface area contributed by atoms with Gasteiger partial charge in [0, 0.05) is 39.2 Å². The number of hydrogen-bond acceptors (Lipinski definition) is 4. The first-order valence-corrected chi connectivity index (χ1v) is 5.76. The van der Waals surface area contributed by atoms with Crippen molar-refractivity contribution in [1.82, 2.24) is 15.1 Å². The number of aryl methyl sites for hydroxylation is 1. The molecule has 2 N–H and O–H groups in total. The molecule has 0 spiro atoms. The van der Waals surface area contributed by atoms with Crippen LogP contribution in [0.25, 0.3) is 0 Å². The largest absolute Gasteiger partial charge is 0.384 e. The summed E-state index contributed by atoms with van der Waals surface area (Å²) >= 11 is 0. The molecule has 1 aliphatic rings. The van der Waals surface area contributed by atoms with Crippen molar-refractivity contribution in [2.75, 3.05) is 25.6 Å². The van der Waals surface area contributed by atoms with Gasteiger partial charge in [-0.15, -0.1) is 0 Å². The number of rotatable bonds is 4. The predicted molar refractivity (Wildman–Crippen MR) is 63.7 cm³/mol. The molecule has 0 saturated carbocycles. The van der Waals surface area contributed by atoms with Crippen LogP contribution in [0.2, 0.25) is 0 Å². The standard InChI is InChI=1S/C11H18N4O2/c1-15-11(13-10(16)4-6-17-2)8-7-12-5-3-9(8)14-15/h12H,3-7H2,1-2H3,(H,13,16). The molecule has 0 bridgehead atoms. The molecule has 0 fully saturated rings. The number of ether oxygens (including phenoxy) is 1. The van der Waals surface area contributed by atoms with E-state index in [0.717, 1.165) is 36.6 Å². The Morgan fingerprint density at radius 1 is 1.65 bits per heavy atom. The van der Waals surface area contributed by atoms with Gasteiger partial charge in [-0.1, -0.05) is 0 Å². The SMILES string of the molecule is COCCC(=O)Nc1c2c(nn1C)CCNC2. The Hall–Kier alpha value is -1.40. The van der Waals surface area contributed by atoms with Gasteiger partial charge in [-0.05, 0) is 0 Å². The number of methoxy groups -OCH3 is 1. The zero-order chi connectivity index (χ0) is 12.3. The van der Waals surface area contributed by atoms with Crippen molar-refractivity contribution in [2.45, 2.75) is 19.4 Å². The Morgan fingerprint density at radius 3 is 3.24 bits per heavy atom. The Kier molecular flexibility index (Phi) is 3.75. The average molecular weight is 238 g/mol. The number of fused-ring (bicyclic) bond motifs is 1. The Balaban J connectivity index is 2.10. The third-order valence-corrected chi connectivity index (χ3v) is 2.86. The fourth-order valence-electron chi connectivity index (χ4n) is 1.98. The van der Waals surface area contributed by atoms with Gasteiger partial charge >= 0.3 is 0 Å². The molecule has 0 unspecified atom stereocenters. The van der Waals surface area contributed by atoms with E-state index in [9.17, 15) is 4.79 Å². The molecule has 0 aromatic carbocycles. The van der Waals surface area contributed by atoms with Gasteiger partial charge < -0.3 is 15.4 Å². The molecule has 1 amide bonds. The number of carbonyl (C=O) groups excluding carboxylic acids is 1. The molecule has 2 heterocycles. The minimum atomic E-state index is -0.0387. The summed E-state index contributed by atoms with van der Waals surface area (Å²) in [5, 5.41) is 10.6. The topological polar surface area (TPSA) is 68.2 Å². The van der Waals surface area contributed by atoms with Gasteiger partial charge in [-0.2, -0.15) is 5.10 Å². The van der Waals surface area contributed by atoms with E-state index in [2.05, 4.69) is 15.7 Å². The fourth-order valence-corrected chi connectivity index (χ4v) is 1.98. The maximum Gasteiger partial charge on any atom is 0.227 e. The number of nitrogens with zero attached hydrogens (tertiary/aromatic N) is 2. The van der Waals surface area contributed by atoms with Crippen molar-refractivity contribution in [3.05, 3.63) is 11.3 Å². The molecular weight excluding hydrogens is 220 g/mol. The average Bonchev–Trinajstić information content (AvgIpc) is 2.64. The lowest BCUT2D eigenvalue weighted by Crippen LogP contribution is -2.24. The second-order valence-electron chi connectivity index (χ2n) is 4.12. The van der Waals surface area contributed by atoms with Crippen LogP contribution in [-0.2, 0) is 29.5 Å². The van der Waals surface area contributed by atoms with Crippen LogP contribution in [0.1, 0.15) is 17.7 Å². The van der Waals surface area contributed by atoms with Gasteiger partial charge in [0.15, 0.2) is 0 Å². The van der Waals surface area contributed by atoms with Gasteiger partial charge in [0.25, 0.3) is 0 Å². The lowest BCUT2D eigenvalue weighted by Gasteiger charge is -2.13. The van der Waals surface area contributed by atoms with Crippen molar-refractivity contribution >= 4 is 11.7 Å². The van der Waals surface area contributed by atoms with E-state index >= 15 is 0 Å². The van der Waals surface area contributed by atoms with Crippen molar-refractivity contribution in [3.63, 3.8) is 0 Å². The summed E-state index contributed by atoms with van der Waals surface area (Å²) in [5.41, 5.74) is 2.18. The molecule has 0 radical (unpaired) electrons. The molecule has 94 valence electrons. The summed E-state index contributed by atoms with van der Waals surface area (Å²) in [4.78, 5) is 11.7. The second kappa shape index (κ2) is 5.29. The smallest absolute Gasteiger partial charge is 0.227 e. The van der Waals surface area contributed by atoms with E-state index in [1.165, 1.54) is 0 Å². The van der Waals surface area contributed by atoms with Crippen LogP contribution in [-0.4, -0.2) is 35.9 Å². The van der Waals surface area contributed by atoms with E-state index in [4.69, 9.17) is 4.74 Å². The molecule has 2 rings (SSSR count). The van der Waals surface area contributed by atoms with Gasteiger partial charge in [0.05, 0.1) is 18.7 Å². The van der Waals surface area contributed by atoms with Gasteiger partial charge in [-0.25, -0.2) is 0 Å². The maximum atomic E-state index is 11.7. The highest BCUT2D eigenvalue weighted by Crippen LogP contribution is 2.22. The highest BCUT2D eigenvalue weighted by Gasteiger charge is 2.20. The number of carbonyl (C=O) groups is 1. The first-order valence-electron chi connectivity index (χ1n) is 5.76. The van der Waals surface area contributed by atoms with Crippen LogP contribution in [0.4, 0.5) is 5.82 Å². The van der Waals surface area contributed by atoms with Crippen LogP contribution in [0.3, 0.4) is 0 Å². The zero-order valence-corrected chi connectivity index (χ0v) is 10.2. The lowest BCUT2D eigenvalue weighted by atomic mass is 10.1. The third kappa shape index (κ3) is 2.65. The Labute approximate surface area is 100 Å². The monoisotopic (exact) mass is 238 g/mol. The van der Waals surface area contributed by atoms with E-state index in [1.54, 1.807) is 11.8 Å². The highest BCUT2D eigenvalue weighted by atomic mass is 16.5. The number of hydrogen-bond donors (Lipinski definition) is 2. The summed E-state index contributed by atoms with van der Waals surface area (Å²) in [5.74, 6) is 0.761. The van der Waals surface area contributed by atoms with Crippen LogP contribution >= 0.6 is 0 Å². The zero-order valence-electron chi connectivity index (χ0n) is 10.2. The van der Waals surface area contributed by atoms with Crippen LogP contribution < -0.4 is 10.6 Å². The molecule has 0 aliphatic carbocycles. The van der Waals surface area contributed by atoms with Crippen LogP contribution in [0.5, 0.6) is 0 Å². The van der Waals surface area contributed by atoms with Crippen molar-refractivity contribution in [3.8, 4) is 0 Å². The Morgan fingerprint density at radius 2 is 2.47 bits per heavy atom. The minimum Gasteiger partial charge on any atom is -0.384 e. The first-order chi connectivity index (χ1) is 8.22. The lowest BCUT2D eigenvalue weighted by molar-refractivity contribution is -0.117. The summed E-state index contributed by atoms with van der Waals surface area (Å²) in [6.45, 7) is 2.15. The maximum absolute atomic E-state index is 11.7. The molecule has 6 nitrogen and oxygen atoms in total. The van der Waals surface area contributed by atoms with E-state index < -0.39 is 0 Å². The molecule has 0 saturated heterocycles. The first kappa shape index (κ1) is 12.1. The summed E-state index contributed by atoms with van der Waals surface area (Å²) in [6.07, 6.45) is 1.28. The van der Waals surface area contributed by atoms with E-state index in [0.29, 0.717) is 13.0 Å². The quantitative estimate of drug-likeness (QED) is 0.777. The molecule has 17 heavy (non-hydrogen) atoms. The van der Waals surface area contributed by atoms with Crippen molar-refractivity contribution in [2.24, 2.45) is 7.05 Å². The van der Waals surface area contributed by atoms with Crippen LogP contribution in [0.15, 0.2) is 0 Å². The van der Waals surface area contributed by atoms with Crippen molar-refractivity contribution < 1.29 is 9.53 Å². The molecule has 1 aliphatic heterocycles. The van der Waals surface area contributed by atoms with E-state index in [1.807, 2.05) is 7.05 Å². The Bertz CT molecular complexity index is 414. The number of nitrogens with one attached hydrogen (secondary N) is 2. The highest BCUT2D eigenvalue weighted by molar-refractivity contribution is 5.90. The third-order valence-electron chi connectivity index (χ3n) is 2.86. The second-order valence-corrected chi connectivity index (χ2v) is 4.12. The van der Waals surface area contributed by atoms with E-state index in [-0.39, 0.29) is 5.91 Å². The molecule has 1 aromatic heterocycles. The molecule has 0 atom stereocenters.